The summed E-state index contributed by atoms with van der Waals surface area (Å²) < 4.78 is 0.812. The van der Waals surface area contributed by atoms with Crippen LogP contribution >= 0.6 is 39.1 Å². The lowest BCUT2D eigenvalue weighted by Crippen LogP contribution is -2.07. The van der Waals surface area contributed by atoms with Gasteiger partial charge in [-0.15, -0.1) is 0 Å². The monoisotopic (exact) mass is 357 g/mol. The predicted molar refractivity (Wildman–Crippen MR) is 83.1 cm³/mol. The minimum Gasteiger partial charge on any atom is -0.398 e. The quantitative estimate of drug-likeness (QED) is 0.634. The van der Waals surface area contributed by atoms with E-state index in [2.05, 4.69) is 15.9 Å². The van der Waals surface area contributed by atoms with Crippen molar-refractivity contribution >= 4 is 50.6 Å². The highest BCUT2D eigenvalue weighted by molar-refractivity contribution is 9.10. The van der Waals surface area contributed by atoms with Gasteiger partial charge in [-0.3, -0.25) is 4.79 Å². The van der Waals surface area contributed by atoms with Gasteiger partial charge >= 0.3 is 0 Å². The molecule has 0 spiro atoms. The average Bonchev–Trinajstić information content (AvgIpc) is 2.35. The van der Waals surface area contributed by atoms with Crippen LogP contribution in [0.5, 0.6) is 0 Å². The topological polar surface area (TPSA) is 43.1 Å². The van der Waals surface area contributed by atoms with Gasteiger partial charge in [-0.05, 0) is 35.9 Å². The van der Waals surface area contributed by atoms with Crippen LogP contribution < -0.4 is 5.73 Å². The van der Waals surface area contributed by atoms with Crippen LogP contribution in [0.25, 0.3) is 0 Å². The van der Waals surface area contributed by atoms with E-state index in [1.54, 1.807) is 36.4 Å². The van der Waals surface area contributed by atoms with Gasteiger partial charge in [-0.1, -0.05) is 45.2 Å². The Morgan fingerprint density at radius 3 is 2.58 bits per heavy atom. The van der Waals surface area contributed by atoms with Crippen LogP contribution in [-0.4, -0.2) is 5.78 Å². The third-order valence-electron chi connectivity index (χ3n) is 2.68. The van der Waals surface area contributed by atoms with Crippen molar-refractivity contribution in [2.24, 2.45) is 0 Å². The first-order valence-electron chi connectivity index (χ1n) is 5.49. The number of benzene rings is 2. The Balaban J connectivity index is 2.28. The number of nitrogen functional groups attached to an aromatic ring is 1. The lowest BCUT2D eigenvalue weighted by Gasteiger charge is -2.07. The van der Waals surface area contributed by atoms with Gasteiger partial charge in [-0.25, -0.2) is 0 Å². The number of hydrogen-bond acceptors (Lipinski definition) is 2. The maximum absolute atomic E-state index is 12.2. The standard InChI is InChI=1S/C14H10BrCl2NO/c15-9-2-4-13(18)11(6-9)14(19)5-8-1-3-10(16)7-12(8)17/h1-4,6-7H,5,18H2. The van der Waals surface area contributed by atoms with Gasteiger partial charge in [0.25, 0.3) is 0 Å². The zero-order valence-electron chi connectivity index (χ0n) is 9.79. The fourth-order valence-electron chi connectivity index (χ4n) is 1.70. The fourth-order valence-corrected chi connectivity index (χ4v) is 2.54. The molecule has 5 heteroatoms. The lowest BCUT2D eigenvalue weighted by molar-refractivity contribution is 0.0994. The van der Waals surface area contributed by atoms with Gasteiger partial charge in [0, 0.05) is 32.2 Å². The second-order valence-corrected chi connectivity index (χ2v) is 5.83. The van der Waals surface area contributed by atoms with E-state index in [-0.39, 0.29) is 12.2 Å². The van der Waals surface area contributed by atoms with E-state index in [1.165, 1.54) is 0 Å². The van der Waals surface area contributed by atoms with E-state index in [9.17, 15) is 4.79 Å². The molecular formula is C14H10BrCl2NO. The van der Waals surface area contributed by atoms with Gasteiger partial charge in [-0.2, -0.15) is 0 Å². The summed E-state index contributed by atoms with van der Waals surface area (Å²) in [6.45, 7) is 0. The van der Waals surface area contributed by atoms with E-state index < -0.39 is 0 Å². The molecule has 2 rings (SSSR count). The van der Waals surface area contributed by atoms with Crippen LogP contribution in [0.1, 0.15) is 15.9 Å². The molecule has 0 heterocycles. The predicted octanol–water partition coefficient (Wildman–Crippen LogP) is 4.76. The van der Waals surface area contributed by atoms with Crippen LogP contribution in [0.3, 0.4) is 0 Å². The molecule has 0 aliphatic rings. The van der Waals surface area contributed by atoms with Crippen LogP contribution in [0.15, 0.2) is 40.9 Å². The number of ketones is 1. The number of anilines is 1. The summed E-state index contributed by atoms with van der Waals surface area (Å²) in [5, 5.41) is 1.03. The summed E-state index contributed by atoms with van der Waals surface area (Å²) in [4.78, 5) is 12.2. The molecule has 0 aliphatic carbocycles. The fraction of sp³-hybridized carbons (Fsp3) is 0.0714. The van der Waals surface area contributed by atoms with Crippen LogP contribution in [0.4, 0.5) is 5.69 Å². The van der Waals surface area contributed by atoms with E-state index in [0.717, 1.165) is 10.0 Å². The second kappa shape index (κ2) is 5.95. The summed E-state index contributed by atoms with van der Waals surface area (Å²) in [7, 11) is 0. The van der Waals surface area contributed by atoms with Gasteiger partial charge in [0.1, 0.15) is 0 Å². The highest BCUT2D eigenvalue weighted by Crippen LogP contribution is 2.24. The van der Waals surface area contributed by atoms with Crippen LogP contribution in [0.2, 0.25) is 10.0 Å². The minimum absolute atomic E-state index is 0.0805. The number of halogens is 3. The summed E-state index contributed by atoms with van der Waals surface area (Å²) in [5.74, 6) is -0.0805. The van der Waals surface area contributed by atoms with Crippen molar-refractivity contribution in [3.8, 4) is 0 Å². The Morgan fingerprint density at radius 1 is 1.16 bits per heavy atom. The number of Topliss-reactive ketones (excluding diaryl/α,β-unsaturated/α-hetero) is 1. The van der Waals surface area contributed by atoms with Crippen molar-refractivity contribution in [1.82, 2.24) is 0 Å². The first kappa shape index (κ1) is 14.4. The third-order valence-corrected chi connectivity index (χ3v) is 3.76. The number of carbonyl (C=O) groups excluding carboxylic acids is 1. The van der Waals surface area contributed by atoms with Crippen molar-refractivity contribution in [3.05, 3.63) is 62.0 Å². The van der Waals surface area contributed by atoms with Crippen LogP contribution in [0, 0.1) is 0 Å². The number of rotatable bonds is 3. The summed E-state index contributed by atoms with van der Waals surface area (Å²) >= 11 is 15.2. The van der Waals surface area contributed by atoms with Gasteiger partial charge in [0.05, 0.1) is 0 Å². The molecule has 0 bridgehead atoms. The molecule has 0 atom stereocenters. The molecule has 2 aromatic carbocycles. The normalized spacial score (nSPS) is 10.5. The lowest BCUT2D eigenvalue weighted by atomic mass is 10.0. The SMILES string of the molecule is Nc1ccc(Br)cc1C(=O)Cc1ccc(Cl)cc1Cl. The Bertz CT molecular complexity index is 643. The Hall–Kier alpha value is -1.03. The molecule has 2 nitrogen and oxygen atoms in total. The summed E-state index contributed by atoms with van der Waals surface area (Å²) in [6.07, 6.45) is 0.191. The zero-order valence-corrected chi connectivity index (χ0v) is 12.9. The molecule has 0 aromatic heterocycles. The van der Waals surface area contributed by atoms with Gasteiger partial charge in [0.15, 0.2) is 5.78 Å². The highest BCUT2D eigenvalue weighted by atomic mass is 79.9. The van der Waals surface area contributed by atoms with E-state index in [1.807, 2.05) is 0 Å². The van der Waals surface area contributed by atoms with Crippen molar-refractivity contribution in [3.63, 3.8) is 0 Å². The largest absolute Gasteiger partial charge is 0.398 e. The van der Waals surface area contributed by atoms with Crippen LogP contribution in [-0.2, 0) is 6.42 Å². The summed E-state index contributed by atoms with van der Waals surface area (Å²) in [6, 6.07) is 10.3. The van der Waals surface area contributed by atoms with Gasteiger partial charge in [0.2, 0.25) is 0 Å². The maximum Gasteiger partial charge on any atom is 0.169 e. The van der Waals surface area contributed by atoms with E-state index >= 15 is 0 Å². The third kappa shape index (κ3) is 3.50. The molecular weight excluding hydrogens is 349 g/mol. The number of hydrogen-bond donors (Lipinski definition) is 1. The Kier molecular flexibility index (Phi) is 4.50. The Labute approximate surface area is 129 Å². The maximum atomic E-state index is 12.2. The molecule has 0 fully saturated rings. The molecule has 19 heavy (non-hydrogen) atoms. The van der Waals surface area contributed by atoms with Crippen molar-refractivity contribution in [2.75, 3.05) is 5.73 Å². The molecule has 2 aromatic rings. The van der Waals surface area contributed by atoms with Gasteiger partial charge < -0.3 is 5.73 Å². The van der Waals surface area contributed by atoms with Crippen molar-refractivity contribution < 1.29 is 4.79 Å². The summed E-state index contributed by atoms with van der Waals surface area (Å²) in [5.41, 5.74) is 7.49. The molecule has 98 valence electrons. The zero-order chi connectivity index (χ0) is 14.0. The molecule has 0 amide bonds. The van der Waals surface area contributed by atoms with E-state index in [0.29, 0.717) is 21.3 Å². The molecule has 0 saturated carbocycles. The number of carbonyl (C=O) groups is 1. The highest BCUT2D eigenvalue weighted by Gasteiger charge is 2.13. The first-order valence-corrected chi connectivity index (χ1v) is 7.04. The van der Waals surface area contributed by atoms with Crippen molar-refractivity contribution in [2.45, 2.75) is 6.42 Å². The molecule has 2 N–H and O–H groups in total. The molecule has 0 aliphatic heterocycles. The average molecular weight is 359 g/mol. The molecule has 0 radical (unpaired) electrons. The smallest absolute Gasteiger partial charge is 0.169 e. The molecule has 0 saturated heterocycles. The Morgan fingerprint density at radius 2 is 1.89 bits per heavy atom. The second-order valence-electron chi connectivity index (χ2n) is 4.07. The molecule has 0 unspecified atom stereocenters. The first-order chi connectivity index (χ1) is 8.97. The van der Waals surface area contributed by atoms with Crippen molar-refractivity contribution in [1.29, 1.82) is 0 Å². The van der Waals surface area contributed by atoms with E-state index in [4.69, 9.17) is 28.9 Å². The number of nitrogens with two attached hydrogens (primary N) is 1. The minimum atomic E-state index is -0.0805.